The Kier molecular flexibility index (Phi) is 5.00. The number of benzene rings is 1. The summed E-state index contributed by atoms with van der Waals surface area (Å²) in [5, 5.41) is 3.54. The van der Waals surface area contributed by atoms with Crippen molar-refractivity contribution in [3.63, 3.8) is 0 Å². The molecule has 1 unspecified atom stereocenters. The topological polar surface area (TPSA) is 41.3 Å². The summed E-state index contributed by atoms with van der Waals surface area (Å²) >= 11 is 5.03. The normalized spacial score (nSPS) is 19.5. The van der Waals surface area contributed by atoms with Crippen molar-refractivity contribution in [3.8, 4) is 0 Å². The van der Waals surface area contributed by atoms with Crippen molar-refractivity contribution in [2.75, 3.05) is 25.0 Å². The number of likely N-dealkylation sites (tertiary alicyclic amines) is 1. The molecule has 1 heterocycles. The summed E-state index contributed by atoms with van der Waals surface area (Å²) in [5.41, 5.74) is 8.95. The monoisotopic (exact) mass is 291 g/mol. The van der Waals surface area contributed by atoms with Crippen LogP contribution in [-0.4, -0.2) is 35.6 Å². The molecular weight excluding hydrogens is 266 g/mol. The van der Waals surface area contributed by atoms with E-state index in [2.05, 4.69) is 43.1 Å². The third kappa shape index (κ3) is 3.70. The summed E-state index contributed by atoms with van der Waals surface area (Å²) in [7, 11) is 0. The van der Waals surface area contributed by atoms with Crippen molar-refractivity contribution in [1.29, 1.82) is 0 Å². The lowest BCUT2D eigenvalue weighted by molar-refractivity contribution is 0.266. The lowest BCUT2D eigenvalue weighted by Gasteiger charge is -2.20. The molecule has 3 N–H and O–H groups in total. The van der Waals surface area contributed by atoms with Gasteiger partial charge in [0, 0.05) is 30.4 Å². The van der Waals surface area contributed by atoms with Gasteiger partial charge < -0.3 is 16.0 Å². The predicted octanol–water partition coefficient (Wildman–Crippen LogP) is 2.77. The third-order valence-electron chi connectivity index (χ3n) is 4.13. The van der Waals surface area contributed by atoms with E-state index in [-0.39, 0.29) is 0 Å². The van der Waals surface area contributed by atoms with Crippen LogP contribution in [0.5, 0.6) is 0 Å². The van der Waals surface area contributed by atoms with Gasteiger partial charge in [-0.1, -0.05) is 12.2 Å². The standard InChI is InChI=1S/C16H25N3S/c1-11(2)19-7-6-13(10-19)9-18-14-4-5-15(16(17)20)12(3)8-14/h4-5,8,11,13,18H,6-7,9-10H2,1-3H3,(H2,17,20). The van der Waals surface area contributed by atoms with Crippen LogP contribution in [0, 0.1) is 12.8 Å². The highest BCUT2D eigenvalue weighted by molar-refractivity contribution is 7.80. The van der Waals surface area contributed by atoms with Gasteiger partial charge in [0.1, 0.15) is 4.99 Å². The Morgan fingerprint density at radius 3 is 2.80 bits per heavy atom. The first-order valence-corrected chi connectivity index (χ1v) is 7.76. The fraction of sp³-hybridized carbons (Fsp3) is 0.562. The largest absolute Gasteiger partial charge is 0.389 e. The molecule has 0 aromatic heterocycles. The Hall–Kier alpha value is -1.13. The number of nitrogens with one attached hydrogen (secondary N) is 1. The number of anilines is 1. The summed E-state index contributed by atoms with van der Waals surface area (Å²) in [6, 6.07) is 6.86. The van der Waals surface area contributed by atoms with E-state index in [1.165, 1.54) is 19.5 Å². The second-order valence-electron chi connectivity index (χ2n) is 6.02. The van der Waals surface area contributed by atoms with E-state index in [1.807, 2.05) is 6.07 Å². The Balaban J connectivity index is 1.89. The number of nitrogens with two attached hydrogens (primary N) is 1. The molecule has 2 rings (SSSR count). The summed E-state index contributed by atoms with van der Waals surface area (Å²) in [4.78, 5) is 3.02. The maximum Gasteiger partial charge on any atom is 0.104 e. The molecule has 0 amide bonds. The fourth-order valence-electron chi connectivity index (χ4n) is 2.81. The van der Waals surface area contributed by atoms with Crippen molar-refractivity contribution < 1.29 is 0 Å². The van der Waals surface area contributed by atoms with Gasteiger partial charge in [0.05, 0.1) is 0 Å². The van der Waals surface area contributed by atoms with Gasteiger partial charge in [-0.25, -0.2) is 0 Å². The van der Waals surface area contributed by atoms with Crippen molar-refractivity contribution in [2.45, 2.75) is 33.2 Å². The molecule has 0 saturated carbocycles. The van der Waals surface area contributed by atoms with Gasteiger partial charge in [-0.2, -0.15) is 0 Å². The maximum atomic E-state index is 5.69. The number of nitrogens with zero attached hydrogens (tertiary/aromatic N) is 1. The van der Waals surface area contributed by atoms with Crippen molar-refractivity contribution >= 4 is 22.9 Å². The highest BCUT2D eigenvalue weighted by Crippen LogP contribution is 2.20. The number of rotatable bonds is 5. The smallest absolute Gasteiger partial charge is 0.104 e. The minimum Gasteiger partial charge on any atom is -0.389 e. The van der Waals surface area contributed by atoms with Crippen LogP contribution < -0.4 is 11.1 Å². The number of aryl methyl sites for hydroxylation is 1. The van der Waals surface area contributed by atoms with E-state index in [4.69, 9.17) is 18.0 Å². The fourth-order valence-corrected chi connectivity index (χ4v) is 3.04. The molecule has 1 aromatic carbocycles. The van der Waals surface area contributed by atoms with Crippen LogP contribution >= 0.6 is 12.2 Å². The lowest BCUT2D eigenvalue weighted by Crippen LogP contribution is -2.29. The highest BCUT2D eigenvalue weighted by atomic mass is 32.1. The summed E-state index contributed by atoms with van der Waals surface area (Å²) in [6.07, 6.45) is 1.29. The first kappa shape index (κ1) is 15.3. The van der Waals surface area contributed by atoms with Crippen molar-refractivity contribution in [1.82, 2.24) is 4.90 Å². The van der Waals surface area contributed by atoms with Crippen LogP contribution in [0.1, 0.15) is 31.4 Å². The van der Waals surface area contributed by atoms with Crippen LogP contribution in [0.25, 0.3) is 0 Å². The second-order valence-corrected chi connectivity index (χ2v) is 6.46. The number of thiocarbonyl (C=S) groups is 1. The molecule has 0 bridgehead atoms. The van der Waals surface area contributed by atoms with Gasteiger partial charge in [0.15, 0.2) is 0 Å². The van der Waals surface area contributed by atoms with Gasteiger partial charge in [0.25, 0.3) is 0 Å². The zero-order valence-electron chi connectivity index (χ0n) is 12.6. The molecule has 1 aliphatic rings. The van der Waals surface area contributed by atoms with E-state index in [0.29, 0.717) is 11.0 Å². The predicted molar refractivity (Wildman–Crippen MR) is 90.4 cm³/mol. The van der Waals surface area contributed by atoms with Crippen LogP contribution in [0.3, 0.4) is 0 Å². The maximum absolute atomic E-state index is 5.69. The van der Waals surface area contributed by atoms with E-state index in [0.717, 1.165) is 29.3 Å². The first-order chi connectivity index (χ1) is 9.47. The zero-order valence-corrected chi connectivity index (χ0v) is 13.5. The van der Waals surface area contributed by atoms with Gasteiger partial charge in [0.2, 0.25) is 0 Å². The van der Waals surface area contributed by atoms with Crippen LogP contribution in [0.15, 0.2) is 18.2 Å². The quantitative estimate of drug-likeness (QED) is 0.819. The molecule has 20 heavy (non-hydrogen) atoms. The molecule has 1 aliphatic heterocycles. The molecule has 1 aromatic rings. The molecule has 110 valence electrons. The molecule has 1 saturated heterocycles. The van der Waals surface area contributed by atoms with E-state index in [1.54, 1.807) is 0 Å². The van der Waals surface area contributed by atoms with E-state index < -0.39 is 0 Å². The van der Waals surface area contributed by atoms with E-state index in [9.17, 15) is 0 Å². The van der Waals surface area contributed by atoms with Crippen LogP contribution in [0.4, 0.5) is 5.69 Å². The molecule has 1 atom stereocenters. The second kappa shape index (κ2) is 6.55. The van der Waals surface area contributed by atoms with Crippen molar-refractivity contribution in [2.24, 2.45) is 11.7 Å². The Labute approximate surface area is 127 Å². The number of hydrogen-bond donors (Lipinski definition) is 2. The minimum atomic E-state index is 0.470. The number of hydrogen-bond acceptors (Lipinski definition) is 3. The molecule has 3 nitrogen and oxygen atoms in total. The summed E-state index contributed by atoms with van der Waals surface area (Å²) in [5.74, 6) is 0.743. The molecule has 4 heteroatoms. The summed E-state index contributed by atoms with van der Waals surface area (Å²) in [6.45, 7) is 10.1. The Bertz CT molecular complexity index is 485. The Morgan fingerprint density at radius 2 is 2.25 bits per heavy atom. The first-order valence-electron chi connectivity index (χ1n) is 7.35. The molecule has 0 radical (unpaired) electrons. The summed E-state index contributed by atoms with van der Waals surface area (Å²) < 4.78 is 0. The van der Waals surface area contributed by atoms with E-state index >= 15 is 0 Å². The lowest BCUT2D eigenvalue weighted by atomic mass is 10.1. The zero-order chi connectivity index (χ0) is 14.7. The highest BCUT2D eigenvalue weighted by Gasteiger charge is 2.23. The molecule has 0 spiro atoms. The van der Waals surface area contributed by atoms with Crippen LogP contribution in [0.2, 0.25) is 0 Å². The van der Waals surface area contributed by atoms with Gasteiger partial charge in [-0.3, -0.25) is 0 Å². The van der Waals surface area contributed by atoms with Crippen molar-refractivity contribution in [3.05, 3.63) is 29.3 Å². The average molecular weight is 291 g/mol. The van der Waals surface area contributed by atoms with Gasteiger partial charge >= 0.3 is 0 Å². The van der Waals surface area contributed by atoms with Crippen LogP contribution in [-0.2, 0) is 0 Å². The Morgan fingerprint density at radius 1 is 1.50 bits per heavy atom. The van der Waals surface area contributed by atoms with Gasteiger partial charge in [-0.15, -0.1) is 0 Å². The molecule has 1 fully saturated rings. The molecular formula is C16H25N3S. The molecule has 0 aliphatic carbocycles. The SMILES string of the molecule is Cc1cc(NCC2CCN(C(C)C)C2)ccc1C(N)=S. The minimum absolute atomic E-state index is 0.470. The van der Waals surface area contributed by atoms with Gasteiger partial charge in [-0.05, 0) is 63.4 Å². The average Bonchev–Trinajstić information content (AvgIpc) is 2.85. The third-order valence-corrected chi connectivity index (χ3v) is 4.35.